The minimum Gasteiger partial charge on any atom is -0.369 e. The molecule has 0 aliphatic carbocycles. The van der Waals surface area contributed by atoms with Crippen LogP contribution in [0.25, 0.3) is 0 Å². The third-order valence-corrected chi connectivity index (χ3v) is 2.46. The SMILES string of the molecule is CCCN1Cc2cnc(N)n2CC1=O. The van der Waals surface area contributed by atoms with E-state index in [4.69, 9.17) is 5.73 Å². The number of carbonyl (C=O) groups is 1. The fourth-order valence-corrected chi connectivity index (χ4v) is 1.73. The predicted molar refractivity (Wildman–Crippen MR) is 52.3 cm³/mol. The molecular weight excluding hydrogens is 180 g/mol. The number of hydrogen-bond acceptors (Lipinski definition) is 3. The predicted octanol–water partition coefficient (Wildman–Crippen LogP) is 0.217. The number of carbonyl (C=O) groups excluding carboxylic acids is 1. The van der Waals surface area contributed by atoms with Gasteiger partial charge in [-0.05, 0) is 6.42 Å². The van der Waals surface area contributed by atoms with Crippen LogP contribution in [0.2, 0.25) is 0 Å². The summed E-state index contributed by atoms with van der Waals surface area (Å²) >= 11 is 0. The summed E-state index contributed by atoms with van der Waals surface area (Å²) in [6.07, 6.45) is 2.72. The van der Waals surface area contributed by atoms with Crippen LogP contribution in [0.4, 0.5) is 5.95 Å². The molecule has 1 aliphatic heterocycles. The highest BCUT2D eigenvalue weighted by atomic mass is 16.2. The van der Waals surface area contributed by atoms with E-state index >= 15 is 0 Å². The smallest absolute Gasteiger partial charge is 0.242 e. The van der Waals surface area contributed by atoms with E-state index in [-0.39, 0.29) is 5.91 Å². The molecule has 1 aliphatic rings. The molecule has 0 radical (unpaired) electrons. The number of nitrogens with two attached hydrogens (primary N) is 1. The summed E-state index contributed by atoms with van der Waals surface area (Å²) in [7, 11) is 0. The number of anilines is 1. The van der Waals surface area contributed by atoms with E-state index in [2.05, 4.69) is 11.9 Å². The van der Waals surface area contributed by atoms with Gasteiger partial charge in [-0.1, -0.05) is 6.92 Å². The Kier molecular flexibility index (Phi) is 2.15. The van der Waals surface area contributed by atoms with Crippen LogP contribution in [-0.4, -0.2) is 26.9 Å². The number of fused-ring (bicyclic) bond motifs is 1. The van der Waals surface area contributed by atoms with E-state index in [9.17, 15) is 4.79 Å². The lowest BCUT2D eigenvalue weighted by atomic mass is 10.3. The molecule has 1 amide bonds. The average Bonchev–Trinajstić information content (AvgIpc) is 2.50. The Hall–Kier alpha value is -1.52. The van der Waals surface area contributed by atoms with Crippen LogP contribution in [-0.2, 0) is 17.9 Å². The highest BCUT2D eigenvalue weighted by Gasteiger charge is 2.23. The van der Waals surface area contributed by atoms with Gasteiger partial charge in [0.1, 0.15) is 6.54 Å². The molecule has 76 valence electrons. The van der Waals surface area contributed by atoms with Crippen molar-refractivity contribution in [3.63, 3.8) is 0 Å². The topological polar surface area (TPSA) is 64.2 Å². The van der Waals surface area contributed by atoms with Crippen molar-refractivity contribution >= 4 is 11.9 Å². The van der Waals surface area contributed by atoms with Crippen LogP contribution in [0.1, 0.15) is 19.0 Å². The van der Waals surface area contributed by atoms with Crippen molar-refractivity contribution in [3.8, 4) is 0 Å². The monoisotopic (exact) mass is 194 g/mol. The van der Waals surface area contributed by atoms with E-state index < -0.39 is 0 Å². The molecule has 0 atom stereocenters. The minimum atomic E-state index is 0.129. The van der Waals surface area contributed by atoms with Crippen molar-refractivity contribution < 1.29 is 4.79 Å². The van der Waals surface area contributed by atoms with Gasteiger partial charge in [-0.2, -0.15) is 0 Å². The van der Waals surface area contributed by atoms with Crippen molar-refractivity contribution in [1.82, 2.24) is 14.5 Å². The number of amides is 1. The van der Waals surface area contributed by atoms with Crippen molar-refractivity contribution in [2.75, 3.05) is 12.3 Å². The fraction of sp³-hybridized carbons (Fsp3) is 0.556. The van der Waals surface area contributed by atoms with Crippen LogP contribution in [0.3, 0.4) is 0 Å². The molecule has 2 N–H and O–H groups in total. The maximum Gasteiger partial charge on any atom is 0.242 e. The molecule has 1 aromatic heterocycles. The summed E-state index contributed by atoms with van der Waals surface area (Å²) in [5.41, 5.74) is 6.65. The normalized spacial score (nSPS) is 15.8. The van der Waals surface area contributed by atoms with E-state index in [1.165, 1.54) is 0 Å². The van der Waals surface area contributed by atoms with Gasteiger partial charge >= 0.3 is 0 Å². The molecular formula is C9H14N4O. The molecule has 0 fully saturated rings. The molecule has 0 aromatic carbocycles. The number of rotatable bonds is 2. The molecule has 1 aromatic rings. The summed E-state index contributed by atoms with van der Waals surface area (Å²) in [6, 6.07) is 0. The first-order valence-electron chi connectivity index (χ1n) is 4.80. The van der Waals surface area contributed by atoms with Crippen LogP contribution in [0.5, 0.6) is 0 Å². The zero-order valence-electron chi connectivity index (χ0n) is 8.23. The van der Waals surface area contributed by atoms with Crippen molar-refractivity contribution in [1.29, 1.82) is 0 Å². The lowest BCUT2D eigenvalue weighted by molar-refractivity contribution is -0.134. The van der Waals surface area contributed by atoms with Gasteiger partial charge in [0.25, 0.3) is 0 Å². The Morgan fingerprint density at radius 3 is 3.07 bits per heavy atom. The first kappa shape index (κ1) is 9.05. The van der Waals surface area contributed by atoms with Crippen molar-refractivity contribution in [3.05, 3.63) is 11.9 Å². The Balaban J connectivity index is 2.23. The highest BCUT2D eigenvalue weighted by Crippen LogP contribution is 2.16. The molecule has 2 rings (SSSR count). The largest absolute Gasteiger partial charge is 0.369 e. The summed E-state index contributed by atoms with van der Waals surface area (Å²) in [6.45, 7) is 3.84. The Bertz CT molecular complexity index is 358. The number of aromatic nitrogens is 2. The van der Waals surface area contributed by atoms with Gasteiger partial charge in [0.15, 0.2) is 0 Å². The number of imidazole rings is 1. The van der Waals surface area contributed by atoms with E-state index in [0.717, 1.165) is 18.7 Å². The minimum absolute atomic E-state index is 0.129. The molecule has 0 spiro atoms. The molecule has 0 bridgehead atoms. The van der Waals surface area contributed by atoms with Crippen molar-refractivity contribution in [2.24, 2.45) is 0 Å². The van der Waals surface area contributed by atoms with Gasteiger partial charge in [0.05, 0.1) is 18.4 Å². The molecule has 0 saturated carbocycles. The molecule has 5 nitrogen and oxygen atoms in total. The standard InChI is InChI=1S/C9H14N4O/c1-2-3-12-5-7-4-11-9(10)13(7)6-8(12)14/h4H,2-3,5-6H2,1H3,(H2,10,11). The number of nitrogens with zero attached hydrogens (tertiary/aromatic N) is 3. The second kappa shape index (κ2) is 3.32. The van der Waals surface area contributed by atoms with Gasteiger partial charge in [0.2, 0.25) is 11.9 Å². The van der Waals surface area contributed by atoms with Crippen molar-refractivity contribution in [2.45, 2.75) is 26.4 Å². The lowest BCUT2D eigenvalue weighted by Crippen LogP contribution is -2.39. The Morgan fingerprint density at radius 1 is 1.57 bits per heavy atom. The third-order valence-electron chi connectivity index (χ3n) is 2.46. The number of hydrogen-bond donors (Lipinski definition) is 1. The zero-order valence-corrected chi connectivity index (χ0v) is 8.23. The lowest BCUT2D eigenvalue weighted by Gasteiger charge is -2.27. The van der Waals surface area contributed by atoms with Crippen LogP contribution in [0, 0.1) is 0 Å². The first-order chi connectivity index (χ1) is 6.72. The van der Waals surface area contributed by atoms with Gasteiger partial charge in [-0.25, -0.2) is 4.98 Å². The first-order valence-corrected chi connectivity index (χ1v) is 4.80. The average molecular weight is 194 g/mol. The molecule has 2 heterocycles. The molecule has 0 saturated heterocycles. The third kappa shape index (κ3) is 1.34. The second-order valence-corrected chi connectivity index (χ2v) is 3.51. The van der Waals surface area contributed by atoms with Crippen LogP contribution in [0.15, 0.2) is 6.20 Å². The molecule has 14 heavy (non-hydrogen) atoms. The summed E-state index contributed by atoms with van der Waals surface area (Å²) in [5.74, 6) is 0.563. The van der Waals surface area contributed by atoms with E-state index in [1.807, 2.05) is 4.90 Å². The van der Waals surface area contributed by atoms with Gasteiger partial charge < -0.3 is 15.2 Å². The maximum absolute atomic E-state index is 11.6. The summed E-state index contributed by atoms with van der Waals surface area (Å²) in [4.78, 5) is 17.5. The number of nitrogen functional groups attached to an aromatic ring is 1. The van der Waals surface area contributed by atoms with Gasteiger partial charge in [0, 0.05) is 6.54 Å². The fourth-order valence-electron chi connectivity index (χ4n) is 1.73. The van der Waals surface area contributed by atoms with Crippen LogP contribution >= 0.6 is 0 Å². The van der Waals surface area contributed by atoms with Gasteiger partial charge in [-0.15, -0.1) is 0 Å². The maximum atomic E-state index is 11.6. The zero-order chi connectivity index (χ0) is 10.1. The molecule has 0 unspecified atom stereocenters. The van der Waals surface area contributed by atoms with E-state index in [1.54, 1.807) is 10.8 Å². The van der Waals surface area contributed by atoms with E-state index in [0.29, 0.717) is 19.0 Å². The summed E-state index contributed by atoms with van der Waals surface area (Å²) < 4.78 is 1.77. The Labute approximate surface area is 82.5 Å². The molecule has 5 heteroatoms. The van der Waals surface area contributed by atoms with Crippen LogP contribution < -0.4 is 5.73 Å². The van der Waals surface area contributed by atoms with Gasteiger partial charge in [-0.3, -0.25) is 4.79 Å². The quantitative estimate of drug-likeness (QED) is 0.732. The summed E-state index contributed by atoms with van der Waals surface area (Å²) in [5, 5.41) is 0. The second-order valence-electron chi connectivity index (χ2n) is 3.51. The highest BCUT2D eigenvalue weighted by molar-refractivity contribution is 5.77. The Morgan fingerprint density at radius 2 is 2.36 bits per heavy atom.